The van der Waals surface area contributed by atoms with Gasteiger partial charge in [-0.05, 0) is 43.9 Å². The van der Waals surface area contributed by atoms with Crippen molar-refractivity contribution in [2.24, 2.45) is 10.9 Å². The molecule has 0 aromatic heterocycles. The molecule has 2 nitrogen and oxygen atoms in total. The van der Waals surface area contributed by atoms with Crippen molar-refractivity contribution in [2.75, 3.05) is 0 Å². The van der Waals surface area contributed by atoms with Crippen LogP contribution in [0.5, 0.6) is 0 Å². The molecule has 0 amide bonds. The van der Waals surface area contributed by atoms with Gasteiger partial charge in [-0.3, -0.25) is 4.99 Å². The minimum absolute atomic E-state index is 0.178. The molecule has 1 saturated carbocycles. The highest BCUT2D eigenvalue weighted by Gasteiger charge is 2.17. The fraction of sp³-hybridized carbons (Fsp3) is 0.429. The molecule has 0 spiro atoms. The van der Waals surface area contributed by atoms with E-state index in [1.54, 1.807) is 0 Å². The van der Waals surface area contributed by atoms with Gasteiger partial charge in [-0.2, -0.15) is 5.26 Å². The van der Waals surface area contributed by atoms with Gasteiger partial charge in [-0.15, -0.1) is 0 Å². The maximum Gasteiger partial charge on any atom is 0.0659 e. The normalized spacial score (nSPS) is 23.0. The summed E-state index contributed by atoms with van der Waals surface area (Å²) in [5.41, 5.74) is 3.44. The van der Waals surface area contributed by atoms with Gasteiger partial charge >= 0.3 is 0 Å². The number of nitrogens with zero attached hydrogens (tertiary/aromatic N) is 2. The zero-order valence-electron chi connectivity index (χ0n) is 9.61. The lowest BCUT2D eigenvalue weighted by Crippen LogP contribution is -2.13. The molecule has 2 heteroatoms. The van der Waals surface area contributed by atoms with E-state index >= 15 is 0 Å². The Balaban J connectivity index is 2.15. The fourth-order valence-corrected chi connectivity index (χ4v) is 2.13. The molecule has 0 bridgehead atoms. The maximum atomic E-state index is 8.91. The highest BCUT2D eigenvalue weighted by atomic mass is 14.7. The van der Waals surface area contributed by atoms with Gasteiger partial charge in [0.15, 0.2) is 0 Å². The lowest BCUT2D eigenvalue weighted by atomic mass is 9.89. The first-order valence-electron chi connectivity index (χ1n) is 5.80. The Morgan fingerprint density at radius 2 is 2.31 bits per heavy atom. The van der Waals surface area contributed by atoms with E-state index in [-0.39, 0.29) is 5.92 Å². The lowest BCUT2D eigenvalue weighted by molar-refractivity contribution is 0.559. The van der Waals surface area contributed by atoms with Crippen LogP contribution in [0.25, 0.3) is 0 Å². The van der Waals surface area contributed by atoms with E-state index in [1.807, 2.05) is 12.1 Å². The topological polar surface area (TPSA) is 36.1 Å². The standard InChI is InChI=1S/C14H16N2/c1-11-4-2-6-13(8-11)16-14-7-3-5-12(9-14)10-15/h2,4,6,8,12H,3,5,7,9H2,1H3/b16-14+. The van der Waals surface area contributed by atoms with Crippen molar-refractivity contribution < 1.29 is 0 Å². The molecule has 0 saturated heterocycles. The summed E-state index contributed by atoms with van der Waals surface area (Å²) in [5.74, 6) is 0.178. The highest BCUT2D eigenvalue weighted by molar-refractivity contribution is 5.88. The number of nitriles is 1. The summed E-state index contributed by atoms with van der Waals surface area (Å²) in [7, 11) is 0. The van der Waals surface area contributed by atoms with Crippen molar-refractivity contribution in [1.82, 2.24) is 0 Å². The first-order chi connectivity index (χ1) is 7.78. The van der Waals surface area contributed by atoms with E-state index in [4.69, 9.17) is 5.26 Å². The molecule has 0 heterocycles. The zero-order chi connectivity index (χ0) is 11.4. The third kappa shape index (κ3) is 2.70. The number of hydrogen-bond donors (Lipinski definition) is 0. The number of aryl methyl sites for hydroxylation is 1. The van der Waals surface area contributed by atoms with Crippen molar-refractivity contribution in [3.8, 4) is 6.07 Å². The molecule has 1 aromatic rings. The van der Waals surface area contributed by atoms with Crippen LogP contribution in [-0.2, 0) is 0 Å². The van der Waals surface area contributed by atoms with Crippen molar-refractivity contribution >= 4 is 11.4 Å². The molecule has 2 rings (SSSR count). The molecule has 1 aliphatic rings. The molecular formula is C14H16N2. The van der Waals surface area contributed by atoms with Crippen LogP contribution in [0.1, 0.15) is 31.2 Å². The van der Waals surface area contributed by atoms with E-state index < -0.39 is 0 Å². The Labute approximate surface area is 96.6 Å². The molecule has 0 radical (unpaired) electrons. The average molecular weight is 212 g/mol. The second-order valence-corrected chi connectivity index (χ2v) is 4.44. The van der Waals surface area contributed by atoms with Crippen molar-refractivity contribution in [1.29, 1.82) is 5.26 Å². The Bertz CT molecular complexity index is 440. The Morgan fingerprint density at radius 1 is 1.44 bits per heavy atom. The van der Waals surface area contributed by atoms with E-state index in [2.05, 4.69) is 30.1 Å². The molecule has 0 N–H and O–H groups in total. The van der Waals surface area contributed by atoms with Crippen LogP contribution < -0.4 is 0 Å². The van der Waals surface area contributed by atoms with Crippen LogP contribution in [0.15, 0.2) is 29.3 Å². The molecule has 82 valence electrons. The van der Waals surface area contributed by atoms with E-state index in [9.17, 15) is 0 Å². The summed E-state index contributed by atoms with van der Waals surface area (Å²) in [4.78, 5) is 4.64. The molecule has 1 atom stereocenters. The van der Waals surface area contributed by atoms with Gasteiger partial charge in [0.25, 0.3) is 0 Å². The Hall–Kier alpha value is -1.62. The second kappa shape index (κ2) is 4.94. The van der Waals surface area contributed by atoms with Crippen molar-refractivity contribution in [3.05, 3.63) is 29.8 Å². The summed E-state index contributed by atoms with van der Waals surface area (Å²) in [6.45, 7) is 2.07. The summed E-state index contributed by atoms with van der Waals surface area (Å²) in [5, 5.41) is 8.91. The monoisotopic (exact) mass is 212 g/mol. The SMILES string of the molecule is Cc1cccc(/N=C2\CCCC(C#N)C2)c1. The van der Waals surface area contributed by atoms with Crippen LogP contribution in [-0.4, -0.2) is 5.71 Å². The first-order valence-corrected chi connectivity index (χ1v) is 5.80. The molecule has 1 aromatic carbocycles. The number of hydrogen-bond acceptors (Lipinski definition) is 2. The quantitative estimate of drug-likeness (QED) is 0.697. The number of rotatable bonds is 1. The van der Waals surface area contributed by atoms with E-state index in [1.165, 1.54) is 11.3 Å². The van der Waals surface area contributed by atoms with Gasteiger partial charge in [-0.25, -0.2) is 0 Å². The van der Waals surface area contributed by atoms with Crippen LogP contribution in [0.2, 0.25) is 0 Å². The summed E-state index contributed by atoms with van der Waals surface area (Å²) >= 11 is 0. The largest absolute Gasteiger partial charge is 0.258 e. The van der Waals surface area contributed by atoms with Gasteiger partial charge in [-0.1, -0.05) is 12.1 Å². The van der Waals surface area contributed by atoms with Gasteiger partial charge in [0, 0.05) is 12.1 Å². The Morgan fingerprint density at radius 3 is 3.06 bits per heavy atom. The predicted octanol–water partition coefficient (Wildman–Crippen LogP) is 3.78. The second-order valence-electron chi connectivity index (χ2n) is 4.44. The summed E-state index contributed by atoms with van der Waals surface area (Å²) < 4.78 is 0. The van der Waals surface area contributed by atoms with Crippen LogP contribution >= 0.6 is 0 Å². The van der Waals surface area contributed by atoms with Gasteiger partial charge < -0.3 is 0 Å². The Kier molecular flexibility index (Phi) is 3.36. The smallest absolute Gasteiger partial charge is 0.0659 e. The number of aliphatic imine (C=N–C) groups is 1. The van der Waals surface area contributed by atoms with Crippen LogP contribution in [0.3, 0.4) is 0 Å². The zero-order valence-corrected chi connectivity index (χ0v) is 9.61. The molecule has 16 heavy (non-hydrogen) atoms. The van der Waals surface area contributed by atoms with E-state index in [0.717, 1.165) is 31.4 Å². The van der Waals surface area contributed by atoms with Gasteiger partial charge in [0.2, 0.25) is 0 Å². The van der Waals surface area contributed by atoms with Crippen LogP contribution in [0.4, 0.5) is 5.69 Å². The molecule has 0 aliphatic heterocycles. The molecular weight excluding hydrogens is 196 g/mol. The van der Waals surface area contributed by atoms with E-state index in [0.29, 0.717) is 0 Å². The minimum atomic E-state index is 0.178. The summed E-state index contributed by atoms with van der Waals surface area (Å²) in [6.07, 6.45) is 4.03. The lowest BCUT2D eigenvalue weighted by Gasteiger charge is -2.17. The molecule has 1 fully saturated rings. The minimum Gasteiger partial charge on any atom is -0.258 e. The van der Waals surface area contributed by atoms with Crippen molar-refractivity contribution in [2.45, 2.75) is 32.6 Å². The average Bonchev–Trinajstić information content (AvgIpc) is 2.29. The van der Waals surface area contributed by atoms with Crippen molar-refractivity contribution in [3.63, 3.8) is 0 Å². The predicted molar refractivity (Wildman–Crippen MR) is 65.8 cm³/mol. The number of benzene rings is 1. The third-order valence-corrected chi connectivity index (χ3v) is 2.97. The van der Waals surface area contributed by atoms with Gasteiger partial charge in [0.1, 0.15) is 0 Å². The maximum absolute atomic E-state index is 8.91. The molecule has 1 unspecified atom stereocenters. The first kappa shape index (κ1) is 10.9. The fourth-order valence-electron chi connectivity index (χ4n) is 2.13. The van der Waals surface area contributed by atoms with Crippen LogP contribution in [0, 0.1) is 24.2 Å². The molecule has 1 aliphatic carbocycles. The van der Waals surface area contributed by atoms with Gasteiger partial charge in [0.05, 0.1) is 17.7 Å². The third-order valence-electron chi connectivity index (χ3n) is 2.97. The highest BCUT2D eigenvalue weighted by Crippen LogP contribution is 2.24. The summed E-state index contributed by atoms with van der Waals surface area (Å²) in [6, 6.07) is 10.6.